The number of rotatable bonds is 4. The molecule has 4 amide bonds. The van der Waals surface area contributed by atoms with Crippen LogP contribution in [-0.4, -0.2) is 66.9 Å². The van der Waals surface area contributed by atoms with Crippen LogP contribution >= 0.6 is 0 Å². The van der Waals surface area contributed by atoms with E-state index in [0.29, 0.717) is 6.54 Å². The van der Waals surface area contributed by atoms with E-state index in [4.69, 9.17) is 4.74 Å². The fraction of sp³-hybridized carbons (Fsp3) is 0.375. The summed E-state index contributed by atoms with van der Waals surface area (Å²) < 4.78 is 4.93. The third-order valence-corrected chi connectivity index (χ3v) is 4.06. The molecule has 0 saturated carbocycles. The summed E-state index contributed by atoms with van der Waals surface area (Å²) in [4.78, 5) is 50.9. The number of carbonyl (C=O) groups is 4. The van der Waals surface area contributed by atoms with Crippen molar-refractivity contribution in [2.45, 2.75) is 6.42 Å². The monoisotopic (exact) mass is 331 g/mol. The van der Waals surface area contributed by atoms with Gasteiger partial charge in [0.05, 0.1) is 0 Å². The molecule has 0 radical (unpaired) electrons. The fourth-order valence-corrected chi connectivity index (χ4v) is 2.82. The van der Waals surface area contributed by atoms with Gasteiger partial charge in [0.1, 0.15) is 13.1 Å². The zero-order chi connectivity index (χ0) is 17.3. The lowest BCUT2D eigenvalue weighted by molar-refractivity contribution is -0.149. The van der Waals surface area contributed by atoms with Gasteiger partial charge >= 0.3 is 12.0 Å². The van der Waals surface area contributed by atoms with Gasteiger partial charge in [0.2, 0.25) is 0 Å². The van der Waals surface area contributed by atoms with Crippen molar-refractivity contribution < 1.29 is 23.9 Å². The zero-order valence-electron chi connectivity index (χ0n) is 13.2. The Morgan fingerprint density at radius 1 is 1.21 bits per heavy atom. The van der Waals surface area contributed by atoms with Crippen LogP contribution < -0.4 is 4.90 Å². The van der Waals surface area contributed by atoms with E-state index in [2.05, 4.69) is 0 Å². The van der Waals surface area contributed by atoms with Gasteiger partial charge in [0, 0.05) is 19.3 Å². The SMILES string of the molecule is CN1CC(=O)N(CC(=O)OCC(=O)N2CCc3ccccc32)C1=O. The van der Waals surface area contributed by atoms with Crippen LogP contribution in [0.1, 0.15) is 5.56 Å². The zero-order valence-corrected chi connectivity index (χ0v) is 13.2. The second-order valence-corrected chi connectivity index (χ2v) is 5.70. The van der Waals surface area contributed by atoms with E-state index in [1.165, 1.54) is 11.9 Å². The molecule has 24 heavy (non-hydrogen) atoms. The molecule has 0 atom stereocenters. The highest BCUT2D eigenvalue weighted by molar-refractivity contribution is 6.04. The lowest BCUT2D eigenvalue weighted by Gasteiger charge is -2.18. The number of hydrogen-bond donors (Lipinski definition) is 0. The molecule has 2 aliphatic heterocycles. The quantitative estimate of drug-likeness (QED) is 0.573. The molecule has 0 bridgehead atoms. The van der Waals surface area contributed by atoms with Crippen LogP contribution in [0.25, 0.3) is 0 Å². The third-order valence-electron chi connectivity index (χ3n) is 4.06. The number of fused-ring (bicyclic) bond motifs is 1. The molecule has 1 aromatic rings. The Hall–Kier alpha value is -2.90. The van der Waals surface area contributed by atoms with Gasteiger partial charge in [-0.1, -0.05) is 18.2 Å². The van der Waals surface area contributed by atoms with Crippen LogP contribution in [-0.2, 0) is 25.5 Å². The molecule has 1 saturated heterocycles. The van der Waals surface area contributed by atoms with E-state index in [1.807, 2.05) is 24.3 Å². The van der Waals surface area contributed by atoms with Crippen LogP contribution in [0.3, 0.4) is 0 Å². The maximum absolute atomic E-state index is 12.2. The maximum atomic E-state index is 12.2. The van der Waals surface area contributed by atoms with E-state index in [9.17, 15) is 19.2 Å². The van der Waals surface area contributed by atoms with Crippen molar-refractivity contribution in [3.8, 4) is 0 Å². The number of carbonyl (C=O) groups excluding carboxylic acids is 4. The Labute approximate surface area is 138 Å². The number of esters is 1. The fourth-order valence-electron chi connectivity index (χ4n) is 2.82. The lowest BCUT2D eigenvalue weighted by Crippen LogP contribution is -2.38. The van der Waals surface area contributed by atoms with Crippen LogP contribution in [0.4, 0.5) is 10.5 Å². The highest BCUT2D eigenvalue weighted by atomic mass is 16.5. The Bertz CT molecular complexity index is 717. The summed E-state index contributed by atoms with van der Waals surface area (Å²) >= 11 is 0. The smallest absolute Gasteiger partial charge is 0.327 e. The van der Waals surface area contributed by atoms with Crippen LogP contribution in [0.2, 0.25) is 0 Å². The Morgan fingerprint density at radius 3 is 2.67 bits per heavy atom. The van der Waals surface area contributed by atoms with Crippen molar-refractivity contribution in [3.63, 3.8) is 0 Å². The topological polar surface area (TPSA) is 87.2 Å². The first kappa shape index (κ1) is 16.0. The predicted molar refractivity (Wildman–Crippen MR) is 83.2 cm³/mol. The number of nitrogens with zero attached hydrogens (tertiary/aromatic N) is 3. The largest absolute Gasteiger partial charge is 0.454 e. The van der Waals surface area contributed by atoms with Gasteiger partial charge in [-0.15, -0.1) is 0 Å². The first-order valence-electron chi connectivity index (χ1n) is 7.56. The van der Waals surface area contributed by atoms with E-state index >= 15 is 0 Å². The molecular weight excluding hydrogens is 314 g/mol. The summed E-state index contributed by atoms with van der Waals surface area (Å²) in [5, 5.41) is 0. The highest BCUT2D eigenvalue weighted by Gasteiger charge is 2.35. The van der Waals surface area contributed by atoms with Crippen LogP contribution in [0.15, 0.2) is 24.3 Å². The second-order valence-electron chi connectivity index (χ2n) is 5.70. The summed E-state index contributed by atoms with van der Waals surface area (Å²) in [5.41, 5.74) is 1.90. The number of hydrogen-bond acceptors (Lipinski definition) is 5. The first-order valence-corrected chi connectivity index (χ1v) is 7.56. The molecule has 2 heterocycles. The van der Waals surface area contributed by atoms with Gasteiger partial charge in [-0.25, -0.2) is 4.79 Å². The molecule has 1 fully saturated rings. The Morgan fingerprint density at radius 2 is 1.96 bits per heavy atom. The van der Waals surface area contributed by atoms with Crippen molar-refractivity contribution in [1.82, 2.24) is 9.80 Å². The molecule has 8 heteroatoms. The average Bonchev–Trinajstić information content (AvgIpc) is 3.09. The van der Waals surface area contributed by atoms with Crippen LogP contribution in [0.5, 0.6) is 0 Å². The van der Waals surface area contributed by atoms with E-state index in [1.54, 1.807) is 4.90 Å². The third kappa shape index (κ3) is 2.94. The molecular formula is C16H17N3O5. The van der Waals surface area contributed by atoms with Gasteiger partial charge in [-0.2, -0.15) is 0 Å². The van der Waals surface area contributed by atoms with E-state index in [-0.39, 0.29) is 12.5 Å². The Kier molecular flexibility index (Phi) is 4.20. The summed E-state index contributed by atoms with van der Waals surface area (Å²) in [5.74, 6) is -1.57. The number of amides is 4. The molecule has 1 aromatic carbocycles. The normalized spacial score (nSPS) is 16.6. The number of para-hydroxylation sites is 1. The molecule has 126 valence electrons. The lowest BCUT2D eigenvalue weighted by atomic mass is 10.2. The van der Waals surface area contributed by atoms with E-state index in [0.717, 1.165) is 22.6 Å². The number of imide groups is 1. The average molecular weight is 331 g/mol. The molecule has 0 aliphatic carbocycles. The molecule has 2 aliphatic rings. The number of benzene rings is 1. The summed E-state index contributed by atoms with van der Waals surface area (Å²) in [6.45, 7) is -0.412. The molecule has 0 spiro atoms. The predicted octanol–water partition coefficient (Wildman–Crippen LogP) is 0.0129. The standard InChI is InChI=1S/C16H17N3O5/c1-17-8-13(20)19(16(17)23)9-15(22)24-10-14(21)18-7-6-11-4-2-3-5-12(11)18/h2-5H,6-10H2,1H3. The number of likely N-dealkylation sites (N-methyl/N-ethyl adjacent to an activating group) is 1. The van der Waals surface area contributed by atoms with Gasteiger partial charge < -0.3 is 14.5 Å². The van der Waals surface area contributed by atoms with Crippen molar-refractivity contribution in [2.24, 2.45) is 0 Å². The molecule has 0 N–H and O–H groups in total. The van der Waals surface area contributed by atoms with Crippen molar-refractivity contribution in [3.05, 3.63) is 29.8 Å². The second kappa shape index (κ2) is 6.31. The number of urea groups is 1. The van der Waals surface area contributed by atoms with Crippen molar-refractivity contribution in [1.29, 1.82) is 0 Å². The minimum atomic E-state index is -0.784. The summed E-state index contributed by atoms with van der Waals surface area (Å²) in [6.07, 6.45) is 0.763. The van der Waals surface area contributed by atoms with Gasteiger partial charge in [0.25, 0.3) is 11.8 Å². The molecule has 3 rings (SSSR count). The molecule has 0 aromatic heterocycles. The molecule has 8 nitrogen and oxygen atoms in total. The summed E-state index contributed by atoms with van der Waals surface area (Å²) in [7, 11) is 1.47. The van der Waals surface area contributed by atoms with Gasteiger partial charge in [0.15, 0.2) is 6.61 Å². The minimum absolute atomic E-state index is 0.0599. The number of anilines is 1. The van der Waals surface area contributed by atoms with Gasteiger partial charge in [-0.05, 0) is 18.1 Å². The minimum Gasteiger partial charge on any atom is -0.454 e. The highest BCUT2D eigenvalue weighted by Crippen LogP contribution is 2.27. The maximum Gasteiger partial charge on any atom is 0.327 e. The number of ether oxygens (including phenoxy) is 1. The first-order chi connectivity index (χ1) is 11.5. The Balaban J connectivity index is 1.53. The summed E-state index contributed by atoms with van der Waals surface area (Å²) in [6, 6.07) is 7.01. The molecule has 0 unspecified atom stereocenters. The van der Waals surface area contributed by atoms with E-state index < -0.39 is 31.1 Å². The van der Waals surface area contributed by atoms with Crippen molar-refractivity contribution in [2.75, 3.05) is 38.2 Å². The van der Waals surface area contributed by atoms with Crippen LogP contribution in [0, 0.1) is 0 Å². The van der Waals surface area contributed by atoms with Crippen molar-refractivity contribution >= 4 is 29.5 Å². The van der Waals surface area contributed by atoms with Gasteiger partial charge in [-0.3, -0.25) is 19.3 Å².